The average molecular weight is 377 g/mol. The summed E-state index contributed by atoms with van der Waals surface area (Å²) in [6.45, 7) is 4.28. The topological polar surface area (TPSA) is 52.6 Å². The first-order chi connectivity index (χ1) is 13.6. The first-order valence-electron chi connectivity index (χ1n) is 10.5. The Kier molecular flexibility index (Phi) is 4.29. The van der Waals surface area contributed by atoms with Crippen LogP contribution in [0.15, 0.2) is 60.7 Å². The molecule has 1 amide bonds. The van der Waals surface area contributed by atoms with Crippen LogP contribution in [-0.4, -0.2) is 35.0 Å². The Morgan fingerprint density at radius 3 is 2.18 bits per heavy atom. The number of benzene rings is 2. The van der Waals surface area contributed by atoms with Gasteiger partial charge in [0.1, 0.15) is 0 Å². The molecule has 0 spiro atoms. The van der Waals surface area contributed by atoms with Crippen LogP contribution in [0.1, 0.15) is 36.9 Å². The first-order valence-corrected chi connectivity index (χ1v) is 10.5. The molecule has 1 saturated heterocycles. The van der Waals surface area contributed by atoms with Crippen LogP contribution < -0.4 is 5.32 Å². The van der Waals surface area contributed by atoms with E-state index >= 15 is 0 Å². The molecular formula is C24H28N2O2. The molecule has 4 unspecified atom stereocenters. The number of rotatable bonds is 6. The first kappa shape index (κ1) is 17.9. The number of likely N-dealkylation sites (tertiary alicyclic amines) is 1. The molecule has 0 radical (unpaired) electrons. The van der Waals surface area contributed by atoms with Gasteiger partial charge in [-0.2, -0.15) is 0 Å². The van der Waals surface area contributed by atoms with Crippen molar-refractivity contribution in [3.8, 4) is 0 Å². The van der Waals surface area contributed by atoms with Gasteiger partial charge < -0.3 is 10.4 Å². The smallest absolute Gasteiger partial charge is 0.257 e. The second-order valence-corrected chi connectivity index (χ2v) is 8.77. The zero-order chi connectivity index (χ0) is 19.3. The van der Waals surface area contributed by atoms with Crippen LogP contribution in [0.25, 0.3) is 0 Å². The monoisotopic (exact) mass is 376 g/mol. The lowest BCUT2D eigenvalue weighted by molar-refractivity contribution is -0.143. The summed E-state index contributed by atoms with van der Waals surface area (Å²) >= 11 is 0. The number of hydrogen-bond donors (Lipinski definition) is 2. The maximum absolute atomic E-state index is 13.1. The van der Waals surface area contributed by atoms with Crippen molar-refractivity contribution in [1.82, 2.24) is 10.2 Å². The predicted molar refractivity (Wildman–Crippen MR) is 108 cm³/mol. The number of aliphatic hydroxyl groups is 1. The summed E-state index contributed by atoms with van der Waals surface area (Å²) in [4.78, 5) is 15.6. The highest BCUT2D eigenvalue weighted by Gasteiger charge is 2.59. The molecule has 0 bridgehead atoms. The minimum Gasteiger partial charge on any atom is -0.375 e. The molecule has 0 aromatic heterocycles. The fraction of sp³-hybridized carbons (Fsp3) is 0.458. The normalized spacial score (nSPS) is 29.6. The summed E-state index contributed by atoms with van der Waals surface area (Å²) in [5.74, 6) is 0.857. The largest absolute Gasteiger partial charge is 0.375 e. The molecule has 2 aromatic rings. The number of carbonyl (C=O) groups is 1. The van der Waals surface area contributed by atoms with E-state index in [1.54, 1.807) is 0 Å². The van der Waals surface area contributed by atoms with E-state index in [1.165, 1.54) is 5.56 Å². The van der Waals surface area contributed by atoms with Crippen molar-refractivity contribution < 1.29 is 9.90 Å². The third kappa shape index (κ3) is 2.96. The van der Waals surface area contributed by atoms with Crippen LogP contribution in [0, 0.1) is 17.8 Å². The SMILES string of the molecule is CC(c1ccccc1)N1CC2C(C1)C2NC(=O)C(O)(c1ccccc1)C1CC1. The summed E-state index contributed by atoms with van der Waals surface area (Å²) in [6.07, 6.45) is 1.83. The van der Waals surface area contributed by atoms with Crippen LogP contribution >= 0.6 is 0 Å². The maximum Gasteiger partial charge on any atom is 0.257 e. The second kappa shape index (κ2) is 6.71. The Balaban J connectivity index is 1.23. The van der Waals surface area contributed by atoms with Gasteiger partial charge >= 0.3 is 0 Å². The summed E-state index contributed by atoms with van der Waals surface area (Å²) in [7, 11) is 0. The summed E-state index contributed by atoms with van der Waals surface area (Å²) in [6, 6.07) is 20.7. The van der Waals surface area contributed by atoms with Crippen LogP contribution in [0.2, 0.25) is 0 Å². The van der Waals surface area contributed by atoms with Gasteiger partial charge in [0, 0.05) is 31.1 Å². The lowest BCUT2D eigenvalue weighted by atomic mass is 9.87. The number of nitrogens with zero attached hydrogens (tertiary/aromatic N) is 1. The molecule has 146 valence electrons. The molecule has 2 N–H and O–H groups in total. The van der Waals surface area contributed by atoms with Gasteiger partial charge in [-0.3, -0.25) is 9.69 Å². The Morgan fingerprint density at radius 1 is 1.04 bits per heavy atom. The fourth-order valence-corrected chi connectivity index (χ4v) is 5.04. The molecule has 2 saturated carbocycles. The van der Waals surface area contributed by atoms with E-state index in [9.17, 15) is 9.90 Å². The van der Waals surface area contributed by atoms with Crippen molar-refractivity contribution in [2.75, 3.05) is 13.1 Å². The summed E-state index contributed by atoms with van der Waals surface area (Å²) in [5.41, 5.74) is 0.687. The van der Waals surface area contributed by atoms with Gasteiger partial charge in [-0.15, -0.1) is 0 Å². The second-order valence-electron chi connectivity index (χ2n) is 8.77. The van der Waals surface area contributed by atoms with Crippen molar-refractivity contribution in [3.63, 3.8) is 0 Å². The van der Waals surface area contributed by atoms with Gasteiger partial charge in [0.25, 0.3) is 5.91 Å². The van der Waals surface area contributed by atoms with E-state index in [0.29, 0.717) is 17.9 Å². The van der Waals surface area contributed by atoms with Crippen LogP contribution in [0.4, 0.5) is 0 Å². The molecule has 28 heavy (non-hydrogen) atoms. The number of nitrogens with one attached hydrogen (secondary N) is 1. The van der Waals surface area contributed by atoms with Crippen molar-refractivity contribution in [2.24, 2.45) is 17.8 Å². The predicted octanol–water partition coefficient (Wildman–Crippen LogP) is 3.09. The van der Waals surface area contributed by atoms with E-state index in [0.717, 1.165) is 31.5 Å². The number of carbonyl (C=O) groups excluding carboxylic acids is 1. The molecule has 5 rings (SSSR count). The van der Waals surface area contributed by atoms with Gasteiger partial charge in [0.2, 0.25) is 0 Å². The van der Waals surface area contributed by atoms with Crippen molar-refractivity contribution in [3.05, 3.63) is 71.8 Å². The van der Waals surface area contributed by atoms with Crippen molar-refractivity contribution in [1.29, 1.82) is 0 Å². The van der Waals surface area contributed by atoms with Crippen molar-refractivity contribution in [2.45, 2.75) is 37.5 Å². The van der Waals surface area contributed by atoms with Gasteiger partial charge in [0.15, 0.2) is 5.60 Å². The van der Waals surface area contributed by atoms with E-state index in [4.69, 9.17) is 0 Å². The molecule has 4 atom stereocenters. The molecule has 2 aliphatic carbocycles. The molecule has 3 aliphatic rings. The molecule has 1 heterocycles. The highest BCUT2D eigenvalue weighted by atomic mass is 16.3. The van der Waals surface area contributed by atoms with Gasteiger partial charge in [-0.25, -0.2) is 0 Å². The van der Waals surface area contributed by atoms with Crippen LogP contribution in [0.5, 0.6) is 0 Å². The molecule has 4 heteroatoms. The van der Waals surface area contributed by atoms with Gasteiger partial charge in [0.05, 0.1) is 0 Å². The molecule has 2 aromatic carbocycles. The molecule has 4 nitrogen and oxygen atoms in total. The third-order valence-electron chi connectivity index (χ3n) is 7.08. The van der Waals surface area contributed by atoms with E-state index < -0.39 is 5.60 Å². The highest BCUT2D eigenvalue weighted by Crippen LogP contribution is 2.50. The number of hydrogen-bond acceptors (Lipinski definition) is 3. The molecule has 1 aliphatic heterocycles. The van der Waals surface area contributed by atoms with E-state index in [-0.39, 0.29) is 17.9 Å². The Hall–Kier alpha value is -2.17. The van der Waals surface area contributed by atoms with Crippen molar-refractivity contribution >= 4 is 5.91 Å². The standard InChI is InChI=1S/C24H28N2O2/c1-16(17-8-4-2-5-9-17)26-14-20-21(15-26)22(20)25-23(27)24(28,19-12-13-19)18-10-6-3-7-11-18/h2-11,16,19-22,28H,12-15H2,1H3,(H,25,27). The number of amides is 1. The summed E-state index contributed by atoms with van der Waals surface area (Å²) in [5, 5.41) is 14.5. The average Bonchev–Trinajstić information content (AvgIpc) is 3.65. The van der Waals surface area contributed by atoms with Crippen LogP contribution in [0.3, 0.4) is 0 Å². The van der Waals surface area contributed by atoms with E-state index in [1.807, 2.05) is 30.3 Å². The third-order valence-corrected chi connectivity index (χ3v) is 7.08. The zero-order valence-corrected chi connectivity index (χ0v) is 16.3. The Labute approximate surface area is 166 Å². The molecular weight excluding hydrogens is 348 g/mol. The Morgan fingerprint density at radius 2 is 1.61 bits per heavy atom. The quantitative estimate of drug-likeness (QED) is 0.815. The Bertz CT molecular complexity index is 839. The highest BCUT2D eigenvalue weighted by molar-refractivity contribution is 5.87. The fourth-order valence-electron chi connectivity index (χ4n) is 5.04. The van der Waals surface area contributed by atoms with Crippen LogP contribution in [-0.2, 0) is 10.4 Å². The van der Waals surface area contributed by atoms with Gasteiger partial charge in [-0.1, -0.05) is 60.7 Å². The van der Waals surface area contributed by atoms with E-state index in [2.05, 4.69) is 47.5 Å². The lowest BCUT2D eigenvalue weighted by Gasteiger charge is -2.30. The maximum atomic E-state index is 13.1. The molecule has 3 fully saturated rings. The summed E-state index contributed by atoms with van der Waals surface area (Å²) < 4.78 is 0. The zero-order valence-electron chi connectivity index (χ0n) is 16.3. The number of piperidine rings is 1. The lowest BCUT2D eigenvalue weighted by Crippen LogP contribution is -2.48. The van der Waals surface area contributed by atoms with Gasteiger partial charge in [-0.05, 0) is 42.7 Å². The minimum absolute atomic E-state index is 0.0445. The number of fused-ring (bicyclic) bond motifs is 1. The minimum atomic E-state index is -1.38.